The summed E-state index contributed by atoms with van der Waals surface area (Å²) >= 11 is 1.58. The standard InChI is InChI=1S/C18H21FN2O2S/c1-11-18(24-13(3)20-11)12(2)21-17(23)6-4-5-16(22)14-7-9-15(19)10-8-14/h7-10,12H,4-6H2,1-3H3,(H,21,23)/t12-/m1/s1. The molecule has 128 valence electrons. The van der Waals surface area contributed by atoms with Gasteiger partial charge in [-0.3, -0.25) is 9.59 Å². The number of hydrogen-bond donors (Lipinski definition) is 1. The zero-order valence-corrected chi connectivity index (χ0v) is 14.9. The number of ketones is 1. The van der Waals surface area contributed by atoms with E-state index in [1.807, 2.05) is 20.8 Å². The number of amides is 1. The maximum atomic E-state index is 12.8. The van der Waals surface area contributed by atoms with E-state index in [1.165, 1.54) is 24.3 Å². The van der Waals surface area contributed by atoms with Gasteiger partial charge in [0.2, 0.25) is 5.91 Å². The maximum Gasteiger partial charge on any atom is 0.220 e. The molecule has 6 heteroatoms. The number of hydrogen-bond acceptors (Lipinski definition) is 4. The molecule has 1 atom stereocenters. The van der Waals surface area contributed by atoms with Crippen LogP contribution < -0.4 is 5.32 Å². The Kier molecular flexibility index (Phi) is 6.20. The molecule has 24 heavy (non-hydrogen) atoms. The van der Waals surface area contributed by atoms with E-state index in [1.54, 1.807) is 11.3 Å². The van der Waals surface area contributed by atoms with Gasteiger partial charge in [0.05, 0.1) is 16.7 Å². The average Bonchev–Trinajstić information content (AvgIpc) is 2.86. The first-order chi connectivity index (χ1) is 11.4. The lowest BCUT2D eigenvalue weighted by Crippen LogP contribution is -2.26. The van der Waals surface area contributed by atoms with Crippen LogP contribution in [-0.2, 0) is 4.79 Å². The molecule has 1 amide bonds. The highest BCUT2D eigenvalue weighted by Crippen LogP contribution is 2.24. The smallest absolute Gasteiger partial charge is 0.220 e. The van der Waals surface area contributed by atoms with Gasteiger partial charge in [-0.05, 0) is 51.5 Å². The molecule has 0 bridgehead atoms. The SMILES string of the molecule is Cc1nc(C)c([C@@H](C)NC(=O)CCCC(=O)c2ccc(F)cc2)s1. The summed E-state index contributed by atoms with van der Waals surface area (Å²) < 4.78 is 12.8. The van der Waals surface area contributed by atoms with E-state index in [-0.39, 0.29) is 36.4 Å². The van der Waals surface area contributed by atoms with Gasteiger partial charge in [-0.25, -0.2) is 9.37 Å². The van der Waals surface area contributed by atoms with Crippen molar-refractivity contribution in [1.29, 1.82) is 0 Å². The van der Waals surface area contributed by atoms with Crippen molar-refractivity contribution < 1.29 is 14.0 Å². The Morgan fingerprint density at radius 2 is 1.88 bits per heavy atom. The van der Waals surface area contributed by atoms with Gasteiger partial charge in [0.15, 0.2) is 5.78 Å². The quantitative estimate of drug-likeness (QED) is 0.766. The van der Waals surface area contributed by atoms with Gasteiger partial charge in [-0.2, -0.15) is 0 Å². The summed E-state index contributed by atoms with van der Waals surface area (Å²) in [6.07, 6.45) is 1.02. The van der Waals surface area contributed by atoms with Crippen LogP contribution in [0.4, 0.5) is 4.39 Å². The number of carbonyl (C=O) groups excluding carboxylic acids is 2. The monoisotopic (exact) mass is 348 g/mol. The summed E-state index contributed by atoms with van der Waals surface area (Å²) in [7, 11) is 0. The number of benzene rings is 1. The highest BCUT2D eigenvalue weighted by Gasteiger charge is 2.15. The summed E-state index contributed by atoms with van der Waals surface area (Å²) in [6, 6.07) is 5.38. The second kappa shape index (κ2) is 8.15. The van der Waals surface area contributed by atoms with Crippen molar-refractivity contribution in [3.63, 3.8) is 0 Å². The van der Waals surface area contributed by atoms with E-state index in [9.17, 15) is 14.0 Å². The van der Waals surface area contributed by atoms with Crippen LogP contribution >= 0.6 is 11.3 Å². The van der Waals surface area contributed by atoms with Crippen molar-refractivity contribution >= 4 is 23.0 Å². The molecule has 0 unspecified atom stereocenters. The molecule has 2 rings (SSSR count). The van der Waals surface area contributed by atoms with Crippen LogP contribution in [0.1, 0.15) is 58.2 Å². The Labute approximate surface area is 145 Å². The summed E-state index contributed by atoms with van der Waals surface area (Å²) in [5, 5.41) is 3.92. The molecular weight excluding hydrogens is 327 g/mol. The molecule has 2 aromatic rings. The molecule has 4 nitrogen and oxygen atoms in total. The van der Waals surface area contributed by atoms with E-state index in [0.29, 0.717) is 12.0 Å². The van der Waals surface area contributed by atoms with Crippen LogP contribution in [0.15, 0.2) is 24.3 Å². The molecule has 0 aliphatic heterocycles. The van der Waals surface area contributed by atoms with Crippen molar-refractivity contribution in [2.45, 2.75) is 46.1 Å². The fourth-order valence-corrected chi connectivity index (χ4v) is 3.45. The van der Waals surface area contributed by atoms with Crippen molar-refractivity contribution in [3.05, 3.63) is 51.2 Å². The van der Waals surface area contributed by atoms with Crippen molar-refractivity contribution in [1.82, 2.24) is 10.3 Å². The van der Waals surface area contributed by atoms with Crippen LogP contribution in [0.2, 0.25) is 0 Å². The molecule has 1 N–H and O–H groups in total. The Morgan fingerprint density at radius 3 is 2.46 bits per heavy atom. The fraction of sp³-hybridized carbons (Fsp3) is 0.389. The Balaban J connectivity index is 1.78. The van der Waals surface area contributed by atoms with Crippen LogP contribution in [0, 0.1) is 19.7 Å². The fourth-order valence-electron chi connectivity index (χ4n) is 2.52. The number of halogens is 1. The maximum absolute atomic E-state index is 12.8. The molecule has 1 aromatic carbocycles. The van der Waals surface area contributed by atoms with E-state index < -0.39 is 0 Å². The van der Waals surface area contributed by atoms with Gasteiger partial charge < -0.3 is 5.32 Å². The number of thiazole rings is 1. The molecule has 0 saturated heterocycles. The first-order valence-corrected chi connectivity index (χ1v) is 8.70. The van der Waals surface area contributed by atoms with Crippen LogP contribution in [0.25, 0.3) is 0 Å². The van der Waals surface area contributed by atoms with Crippen LogP contribution in [-0.4, -0.2) is 16.7 Å². The third-order valence-corrected chi connectivity index (χ3v) is 4.94. The molecule has 0 aliphatic rings. The molecular formula is C18H21FN2O2S. The van der Waals surface area contributed by atoms with Gasteiger partial charge in [0.25, 0.3) is 0 Å². The largest absolute Gasteiger partial charge is 0.349 e. The Bertz CT molecular complexity index is 725. The third-order valence-electron chi connectivity index (χ3n) is 3.68. The summed E-state index contributed by atoms with van der Waals surface area (Å²) in [5.74, 6) is -0.529. The zero-order chi connectivity index (χ0) is 17.7. The predicted molar refractivity (Wildman–Crippen MR) is 92.7 cm³/mol. The molecule has 1 heterocycles. The van der Waals surface area contributed by atoms with Gasteiger partial charge in [-0.1, -0.05) is 0 Å². The minimum atomic E-state index is -0.367. The van der Waals surface area contributed by atoms with Gasteiger partial charge in [0, 0.05) is 23.3 Å². The van der Waals surface area contributed by atoms with Crippen LogP contribution in [0.5, 0.6) is 0 Å². The molecule has 0 fully saturated rings. The normalized spacial score (nSPS) is 12.0. The van der Waals surface area contributed by atoms with Gasteiger partial charge in [-0.15, -0.1) is 11.3 Å². The number of rotatable bonds is 7. The minimum Gasteiger partial charge on any atom is -0.349 e. The number of Topliss-reactive ketones (excluding diaryl/α,β-unsaturated/α-hetero) is 1. The Morgan fingerprint density at radius 1 is 1.21 bits per heavy atom. The molecule has 0 aliphatic carbocycles. The lowest BCUT2D eigenvalue weighted by atomic mass is 10.1. The number of nitrogens with zero attached hydrogens (tertiary/aromatic N) is 1. The third kappa shape index (κ3) is 4.96. The highest BCUT2D eigenvalue weighted by atomic mass is 32.1. The predicted octanol–water partition coefficient (Wildman–Crippen LogP) is 4.13. The highest BCUT2D eigenvalue weighted by molar-refractivity contribution is 7.11. The second-order valence-electron chi connectivity index (χ2n) is 5.76. The Hall–Kier alpha value is -2.08. The lowest BCUT2D eigenvalue weighted by molar-refractivity contribution is -0.121. The van der Waals surface area contributed by atoms with E-state index in [0.717, 1.165) is 15.6 Å². The van der Waals surface area contributed by atoms with Gasteiger partial charge >= 0.3 is 0 Å². The molecule has 0 radical (unpaired) electrons. The second-order valence-corrected chi connectivity index (χ2v) is 6.99. The van der Waals surface area contributed by atoms with E-state index >= 15 is 0 Å². The van der Waals surface area contributed by atoms with E-state index in [2.05, 4.69) is 10.3 Å². The van der Waals surface area contributed by atoms with E-state index in [4.69, 9.17) is 0 Å². The average molecular weight is 348 g/mol. The number of carbonyl (C=O) groups is 2. The van der Waals surface area contributed by atoms with Crippen molar-refractivity contribution in [3.8, 4) is 0 Å². The molecule has 0 saturated carbocycles. The zero-order valence-electron chi connectivity index (χ0n) is 14.1. The molecule has 0 spiro atoms. The summed E-state index contributed by atoms with van der Waals surface area (Å²) in [4.78, 5) is 29.4. The van der Waals surface area contributed by atoms with Crippen LogP contribution in [0.3, 0.4) is 0 Å². The van der Waals surface area contributed by atoms with Crippen molar-refractivity contribution in [2.75, 3.05) is 0 Å². The molecule has 1 aromatic heterocycles. The minimum absolute atomic E-state index is 0.0789. The van der Waals surface area contributed by atoms with Gasteiger partial charge in [0.1, 0.15) is 5.82 Å². The number of aryl methyl sites for hydroxylation is 2. The first kappa shape index (κ1) is 18.3. The topological polar surface area (TPSA) is 59.1 Å². The number of nitrogens with one attached hydrogen (secondary N) is 1. The number of aromatic nitrogens is 1. The summed E-state index contributed by atoms with van der Waals surface area (Å²) in [5.41, 5.74) is 1.41. The first-order valence-electron chi connectivity index (χ1n) is 7.89. The summed E-state index contributed by atoms with van der Waals surface area (Å²) in [6.45, 7) is 5.81. The van der Waals surface area contributed by atoms with Crippen molar-refractivity contribution in [2.24, 2.45) is 0 Å². The lowest BCUT2D eigenvalue weighted by Gasteiger charge is -2.12.